The highest BCUT2D eigenvalue weighted by Crippen LogP contribution is 2.20. The molecule has 7 heteroatoms. The summed E-state index contributed by atoms with van der Waals surface area (Å²) >= 11 is 3.25. The summed E-state index contributed by atoms with van der Waals surface area (Å²) in [6.45, 7) is 0. The van der Waals surface area contributed by atoms with Crippen LogP contribution in [0.4, 0.5) is 10.5 Å². The van der Waals surface area contributed by atoms with Crippen LogP contribution in [0, 0.1) is 0 Å². The highest BCUT2D eigenvalue weighted by Gasteiger charge is 1.98. The molecular weight excluding hydrogens is 336 g/mol. The molecule has 0 saturated carbocycles. The summed E-state index contributed by atoms with van der Waals surface area (Å²) in [4.78, 5) is 26.4. The Balaban J connectivity index is 0.000000154. The van der Waals surface area contributed by atoms with Gasteiger partial charge in [-0.2, -0.15) is 0 Å². The first kappa shape index (κ1) is 14.9. The molecule has 0 bridgehead atoms. The Morgan fingerprint density at radius 3 is 2.05 bits per heavy atom. The summed E-state index contributed by atoms with van der Waals surface area (Å²) in [7, 11) is 0. The minimum atomic E-state index is -0.558. The number of para-hydroxylation sites is 3. The largest absolute Gasteiger partial charge is 0.351 e. The smallest absolute Gasteiger partial charge is 0.323 e. The second-order valence-corrected chi connectivity index (χ2v) is 4.95. The second kappa shape index (κ2) is 6.76. The quantitative estimate of drug-likeness (QED) is 0.543. The predicted molar refractivity (Wildman–Crippen MR) is 86.3 cm³/mol. The maximum atomic E-state index is 10.7. The lowest BCUT2D eigenvalue weighted by molar-refractivity contribution is 0.259. The van der Waals surface area contributed by atoms with Crippen molar-refractivity contribution in [2.45, 2.75) is 0 Å². The predicted octanol–water partition coefficient (Wildman–Crippen LogP) is 2.80. The molecule has 1 heterocycles. The summed E-state index contributed by atoms with van der Waals surface area (Å²) in [5.74, 6) is 0. The molecule has 0 aliphatic rings. The number of hydrogen-bond acceptors (Lipinski definition) is 2. The number of benzene rings is 2. The average molecular weight is 349 g/mol. The highest BCUT2D eigenvalue weighted by molar-refractivity contribution is 9.10. The van der Waals surface area contributed by atoms with Gasteiger partial charge in [-0.3, -0.25) is 0 Å². The van der Waals surface area contributed by atoms with Gasteiger partial charge < -0.3 is 21.0 Å². The van der Waals surface area contributed by atoms with E-state index in [0.29, 0.717) is 5.69 Å². The maximum Gasteiger partial charge on any atom is 0.323 e. The van der Waals surface area contributed by atoms with Gasteiger partial charge in [-0.1, -0.05) is 24.3 Å². The minimum absolute atomic E-state index is 0.152. The average Bonchev–Trinajstić information content (AvgIpc) is 2.81. The first-order valence-electron chi connectivity index (χ1n) is 6.04. The highest BCUT2D eigenvalue weighted by atomic mass is 79.9. The van der Waals surface area contributed by atoms with Crippen molar-refractivity contribution in [1.82, 2.24) is 9.97 Å². The van der Waals surface area contributed by atoms with Gasteiger partial charge in [0.05, 0.1) is 16.7 Å². The molecule has 0 radical (unpaired) electrons. The molecule has 3 rings (SSSR count). The molecule has 0 aliphatic heterocycles. The van der Waals surface area contributed by atoms with Crippen LogP contribution in [0.5, 0.6) is 0 Å². The van der Waals surface area contributed by atoms with Gasteiger partial charge in [0.15, 0.2) is 0 Å². The molecule has 2 amide bonds. The van der Waals surface area contributed by atoms with Gasteiger partial charge in [0.1, 0.15) is 0 Å². The third-order valence-corrected chi connectivity index (χ3v) is 3.25. The number of amides is 2. The molecule has 6 nitrogen and oxygen atoms in total. The van der Waals surface area contributed by atoms with E-state index in [-0.39, 0.29) is 5.69 Å². The molecule has 108 valence electrons. The van der Waals surface area contributed by atoms with Crippen LogP contribution >= 0.6 is 15.9 Å². The fourth-order valence-electron chi connectivity index (χ4n) is 1.67. The minimum Gasteiger partial charge on any atom is -0.351 e. The van der Waals surface area contributed by atoms with Gasteiger partial charge in [0.2, 0.25) is 0 Å². The topological polar surface area (TPSA) is 104 Å². The molecule has 1 aromatic heterocycles. The number of aromatic amines is 2. The van der Waals surface area contributed by atoms with E-state index in [1.165, 1.54) is 0 Å². The lowest BCUT2D eigenvalue weighted by atomic mass is 10.3. The number of imidazole rings is 1. The van der Waals surface area contributed by atoms with Gasteiger partial charge in [-0.25, -0.2) is 9.59 Å². The Hall–Kier alpha value is -2.54. The molecule has 0 unspecified atom stereocenters. The number of carbonyl (C=O) groups excluding carboxylic acids is 1. The van der Waals surface area contributed by atoms with Crippen LogP contribution in [0.1, 0.15) is 0 Å². The maximum absolute atomic E-state index is 10.7. The van der Waals surface area contributed by atoms with Crippen LogP contribution in [0.2, 0.25) is 0 Å². The van der Waals surface area contributed by atoms with E-state index in [0.717, 1.165) is 15.5 Å². The van der Waals surface area contributed by atoms with E-state index in [9.17, 15) is 9.59 Å². The van der Waals surface area contributed by atoms with Gasteiger partial charge in [-0.05, 0) is 40.2 Å². The number of nitrogens with one attached hydrogen (secondary N) is 3. The van der Waals surface area contributed by atoms with Crippen molar-refractivity contribution in [3.8, 4) is 0 Å². The summed E-state index contributed by atoms with van der Waals surface area (Å²) in [5.41, 5.74) is 7.16. The molecule has 0 spiro atoms. The van der Waals surface area contributed by atoms with Crippen LogP contribution in [-0.4, -0.2) is 16.0 Å². The van der Waals surface area contributed by atoms with Crippen LogP contribution in [-0.2, 0) is 0 Å². The molecule has 5 N–H and O–H groups in total. The number of rotatable bonds is 1. The van der Waals surface area contributed by atoms with Crippen molar-refractivity contribution < 1.29 is 4.79 Å². The number of urea groups is 1. The molecule has 0 saturated heterocycles. The van der Waals surface area contributed by atoms with E-state index in [1.807, 2.05) is 42.5 Å². The Morgan fingerprint density at radius 2 is 1.52 bits per heavy atom. The number of H-pyrrole nitrogens is 2. The van der Waals surface area contributed by atoms with E-state index < -0.39 is 6.03 Å². The van der Waals surface area contributed by atoms with Crippen molar-refractivity contribution in [1.29, 1.82) is 0 Å². The number of aromatic nitrogens is 2. The van der Waals surface area contributed by atoms with Crippen LogP contribution < -0.4 is 16.7 Å². The lowest BCUT2D eigenvalue weighted by Crippen LogP contribution is -2.19. The van der Waals surface area contributed by atoms with Crippen molar-refractivity contribution >= 4 is 38.7 Å². The van der Waals surface area contributed by atoms with Gasteiger partial charge in [-0.15, -0.1) is 0 Å². The number of anilines is 1. The summed E-state index contributed by atoms with van der Waals surface area (Å²) in [5, 5.41) is 2.47. The molecular formula is C14H13BrN4O2. The van der Waals surface area contributed by atoms with Crippen molar-refractivity contribution in [3.63, 3.8) is 0 Å². The zero-order valence-corrected chi connectivity index (χ0v) is 12.5. The number of primary amides is 1. The second-order valence-electron chi connectivity index (χ2n) is 4.09. The zero-order chi connectivity index (χ0) is 15.2. The van der Waals surface area contributed by atoms with Crippen molar-refractivity contribution in [3.05, 3.63) is 63.5 Å². The van der Waals surface area contributed by atoms with E-state index in [4.69, 9.17) is 5.73 Å². The molecule has 2 aromatic carbocycles. The van der Waals surface area contributed by atoms with E-state index >= 15 is 0 Å². The normalized spacial score (nSPS) is 9.76. The molecule has 3 aromatic rings. The molecule has 0 aliphatic carbocycles. The number of fused-ring (bicyclic) bond motifs is 1. The Kier molecular flexibility index (Phi) is 4.78. The summed E-state index contributed by atoms with van der Waals surface area (Å²) in [6, 6.07) is 14.2. The van der Waals surface area contributed by atoms with Gasteiger partial charge >= 0.3 is 11.7 Å². The number of hydrogen-bond donors (Lipinski definition) is 4. The standard InChI is InChI=1S/C7H7BrN2O.C7H6N2O/c8-5-3-1-2-4-6(5)10-7(9)11;10-7-8-5-3-1-2-4-6(5)9-7/h1-4H,(H3,9,10,11);1-4H,(H2,8,9,10). The lowest BCUT2D eigenvalue weighted by Gasteiger charge is -2.02. The number of nitrogens with two attached hydrogens (primary N) is 1. The summed E-state index contributed by atoms with van der Waals surface area (Å²) in [6.07, 6.45) is 0. The van der Waals surface area contributed by atoms with Crippen LogP contribution in [0.3, 0.4) is 0 Å². The molecule has 21 heavy (non-hydrogen) atoms. The third-order valence-electron chi connectivity index (χ3n) is 2.56. The van der Waals surface area contributed by atoms with Crippen molar-refractivity contribution in [2.24, 2.45) is 5.73 Å². The van der Waals surface area contributed by atoms with Crippen LogP contribution in [0.25, 0.3) is 11.0 Å². The van der Waals surface area contributed by atoms with E-state index in [1.54, 1.807) is 6.07 Å². The Labute approximate surface area is 128 Å². The Bertz CT molecular complexity index is 774. The summed E-state index contributed by atoms with van der Waals surface area (Å²) < 4.78 is 0.818. The van der Waals surface area contributed by atoms with Gasteiger partial charge in [0, 0.05) is 4.47 Å². The Morgan fingerprint density at radius 1 is 1.00 bits per heavy atom. The fourth-order valence-corrected chi connectivity index (χ4v) is 2.06. The number of halogens is 1. The molecule has 0 atom stereocenters. The van der Waals surface area contributed by atoms with Crippen molar-refractivity contribution in [2.75, 3.05) is 5.32 Å². The zero-order valence-electron chi connectivity index (χ0n) is 10.9. The first-order valence-corrected chi connectivity index (χ1v) is 6.83. The monoisotopic (exact) mass is 348 g/mol. The van der Waals surface area contributed by atoms with Crippen LogP contribution in [0.15, 0.2) is 57.8 Å². The SMILES string of the molecule is NC(=O)Nc1ccccc1Br.O=c1[nH]c2ccccc2[nH]1. The van der Waals surface area contributed by atoms with Gasteiger partial charge in [0.25, 0.3) is 0 Å². The molecule has 0 fully saturated rings. The number of carbonyl (C=O) groups is 1. The van der Waals surface area contributed by atoms with E-state index in [2.05, 4.69) is 31.2 Å². The fraction of sp³-hybridized carbons (Fsp3) is 0. The first-order chi connectivity index (χ1) is 10.1. The third kappa shape index (κ3) is 4.22.